The summed E-state index contributed by atoms with van der Waals surface area (Å²) >= 11 is 0. The topological polar surface area (TPSA) is 96.9 Å². The zero-order valence-electron chi connectivity index (χ0n) is 22.5. The molecule has 0 radical (unpaired) electrons. The van der Waals surface area contributed by atoms with E-state index >= 15 is 0 Å². The van der Waals surface area contributed by atoms with E-state index in [2.05, 4.69) is 10.6 Å². The normalized spacial score (nSPS) is 18.8. The SMILES string of the molecule is COc1ccc([C@H]2CC(=O)C3=C(C2)NC(C)=C(C(=O)Nc2ccc(C)cc2)[C@H]3c2cccc(O)c2)cc1OC. The van der Waals surface area contributed by atoms with Gasteiger partial charge < -0.3 is 25.2 Å². The van der Waals surface area contributed by atoms with Gasteiger partial charge in [0.25, 0.3) is 5.91 Å². The third-order valence-corrected chi connectivity index (χ3v) is 7.46. The Balaban J connectivity index is 1.54. The fourth-order valence-electron chi connectivity index (χ4n) is 5.56. The standard InChI is InChI=1S/C32H32N2O5/c1-18-8-11-23(12-9-18)34-32(37)29-19(2)33-25-15-22(20-10-13-27(38-3)28(17-20)39-4)16-26(36)31(25)30(29)21-6-5-7-24(35)14-21/h5-14,17,22,30,33,35H,15-16H2,1-4H3,(H,34,37)/t22-,30-/m1/s1. The molecule has 39 heavy (non-hydrogen) atoms. The number of nitrogens with one attached hydrogen (secondary N) is 2. The molecule has 0 fully saturated rings. The van der Waals surface area contributed by atoms with Crippen LogP contribution in [0.5, 0.6) is 17.2 Å². The third kappa shape index (κ3) is 5.12. The Labute approximate surface area is 228 Å². The van der Waals surface area contributed by atoms with Crippen LogP contribution in [-0.2, 0) is 9.59 Å². The van der Waals surface area contributed by atoms with Gasteiger partial charge in [-0.05, 0) is 73.7 Å². The average Bonchev–Trinajstić information content (AvgIpc) is 2.92. The molecule has 7 heteroatoms. The minimum atomic E-state index is -0.613. The molecule has 2 atom stereocenters. The molecule has 1 amide bonds. The fourth-order valence-corrected chi connectivity index (χ4v) is 5.56. The van der Waals surface area contributed by atoms with Crippen LogP contribution in [0, 0.1) is 6.92 Å². The minimum absolute atomic E-state index is 0.0370. The van der Waals surface area contributed by atoms with E-state index in [1.165, 1.54) is 0 Å². The van der Waals surface area contributed by atoms with Crippen LogP contribution < -0.4 is 20.1 Å². The van der Waals surface area contributed by atoms with Gasteiger partial charge in [-0.1, -0.05) is 35.9 Å². The van der Waals surface area contributed by atoms with Crippen LogP contribution in [-0.4, -0.2) is 31.0 Å². The van der Waals surface area contributed by atoms with Crippen LogP contribution in [0.25, 0.3) is 0 Å². The van der Waals surface area contributed by atoms with Crippen LogP contribution >= 0.6 is 0 Å². The summed E-state index contributed by atoms with van der Waals surface area (Å²) in [6, 6.07) is 20.1. The Morgan fingerprint density at radius 2 is 1.67 bits per heavy atom. The summed E-state index contributed by atoms with van der Waals surface area (Å²) in [6.07, 6.45) is 0.882. The van der Waals surface area contributed by atoms with Crippen molar-refractivity contribution in [3.05, 3.63) is 106 Å². The van der Waals surface area contributed by atoms with E-state index in [0.29, 0.717) is 46.0 Å². The quantitative estimate of drug-likeness (QED) is 0.382. The number of amides is 1. The van der Waals surface area contributed by atoms with E-state index in [1.807, 2.05) is 62.4 Å². The van der Waals surface area contributed by atoms with Gasteiger partial charge in [0.1, 0.15) is 5.75 Å². The molecular weight excluding hydrogens is 492 g/mol. The molecule has 3 N–H and O–H groups in total. The van der Waals surface area contributed by atoms with Crippen LogP contribution in [0.3, 0.4) is 0 Å². The van der Waals surface area contributed by atoms with Crippen molar-refractivity contribution in [2.45, 2.75) is 38.5 Å². The van der Waals surface area contributed by atoms with Gasteiger partial charge in [-0.3, -0.25) is 9.59 Å². The number of Topliss-reactive ketones (excluding diaryl/α,β-unsaturated/α-hetero) is 1. The van der Waals surface area contributed by atoms with Crippen molar-refractivity contribution in [1.82, 2.24) is 5.32 Å². The minimum Gasteiger partial charge on any atom is -0.508 e. The van der Waals surface area contributed by atoms with E-state index in [9.17, 15) is 14.7 Å². The number of aryl methyl sites for hydroxylation is 1. The van der Waals surface area contributed by atoms with Crippen LogP contribution in [0.2, 0.25) is 0 Å². The molecule has 3 aromatic rings. The number of methoxy groups -OCH3 is 2. The number of aromatic hydroxyl groups is 1. The number of phenolic OH excluding ortho intramolecular Hbond substituents is 1. The third-order valence-electron chi connectivity index (χ3n) is 7.46. The predicted molar refractivity (Wildman–Crippen MR) is 150 cm³/mol. The van der Waals surface area contributed by atoms with Crippen molar-refractivity contribution in [3.63, 3.8) is 0 Å². The first-order valence-corrected chi connectivity index (χ1v) is 12.9. The lowest BCUT2D eigenvalue weighted by molar-refractivity contribution is -0.116. The van der Waals surface area contributed by atoms with Crippen molar-refractivity contribution >= 4 is 17.4 Å². The molecule has 0 saturated heterocycles. The zero-order chi connectivity index (χ0) is 27.7. The molecule has 5 rings (SSSR count). The van der Waals surface area contributed by atoms with Gasteiger partial charge >= 0.3 is 0 Å². The number of hydrogen-bond donors (Lipinski definition) is 3. The largest absolute Gasteiger partial charge is 0.508 e. The smallest absolute Gasteiger partial charge is 0.254 e. The number of hydrogen-bond acceptors (Lipinski definition) is 6. The second-order valence-corrected chi connectivity index (χ2v) is 10.0. The average molecular weight is 525 g/mol. The molecule has 0 saturated carbocycles. The lowest BCUT2D eigenvalue weighted by Gasteiger charge is -2.37. The fraction of sp³-hybridized carbons (Fsp3) is 0.250. The lowest BCUT2D eigenvalue weighted by Crippen LogP contribution is -2.37. The number of dihydropyridines is 1. The van der Waals surface area contributed by atoms with E-state index in [1.54, 1.807) is 32.4 Å². The first kappa shape index (κ1) is 26.1. The Morgan fingerprint density at radius 3 is 2.36 bits per heavy atom. The van der Waals surface area contributed by atoms with Gasteiger partial charge in [-0.15, -0.1) is 0 Å². The number of ether oxygens (including phenoxy) is 2. The van der Waals surface area contributed by atoms with Gasteiger partial charge in [0, 0.05) is 40.6 Å². The number of carbonyl (C=O) groups is 2. The maximum atomic E-state index is 13.9. The maximum absolute atomic E-state index is 13.9. The molecule has 1 heterocycles. The van der Waals surface area contributed by atoms with Crippen molar-refractivity contribution in [3.8, 4) is 17.2 Å². The number of ketones is 1. The summed E-state index contributed by atoms with van der Waals surface area (Å²) in [4.78, 5) is 27.6. The second-order valence-electron chi connectivity index (χ2n) is 10.0. The highest BCUT2D eigenvalue weighted by Crippen LogP contribution is 2.46. The van der Waals surface area contributed by atoms with Crippen molar-refractivity contribution in [1.29, 1.82) is 0 Å². The van der Waals surface area contributed by atoms with Gasteiger partial charge in [0.15, 0.2) is 17.3 Å². The highest BCUT2D eigenvalue weighted by molar-refractivity contribution is 6.10. The summed E-state index contributed by atoms with van der Waals surface area (Å²) in [5, 5.41) is 16.7. The molecule has 0 bridgehead atoms. The zero-order valence-corrected chi connectivity index (χ0v) is 22.5. The van der Waals surface area contributed by atoms with E-state index in [0.717, 1.165) is 16.8 Å². The molecule has 0 unspecified atom stereocenters. The number of carbonyl (C=O) groups excluding carboxylic acids is 2. The number of phenols is 1. The molecule has 200 valence electrons. The van der Waals surface area contributed by atoms with Gasteiger partial charge in [-0.25, -0.2) is 0 Å². The first-order chi connectivity index (χ1) is 18.8. The molecule has 0 aromatic heterocycles. The first-order valence-electron chi connectivity index (χ1n) is 12.9. The molecule has 3 aromatic carbocycles. The molecule has 1 aliphatic heterocycles. The summed E-state index contributed by atoms with van der Waals surface area (Å²) in [5.41, 5.74) is 5.92. The van der Waals surface area contributed by atoms with E-state index < -0.39 is 5.92 Å². The number of anilines is 1. The number of rotatable bonds is 6. The highest BCUT2D eigenvalue weighted by atomic mass is 16.5. The second kappa shape index (κ2) is 10.7. The molecule has 7 nitrogen and oxygen atoms in total. The predicted octanol–water partition coefficient (Wildman–Crippen LogP) is 5.72. The highest BCUT2D eigenvalue weighted by Gasteiger charge is 2.41. The molecule has 2 aliphatic rings. The number of allylic oxidation sites excluding steroid dienone is 3. The van der Waals surface area contributed by atoms with Crippen molar-refractivity contribution in [2.75, 3.05) is 19.5 Å². The Kier molecular flexibility index (Phi) is 7.15. The summed E-state index contributed by atoms with van der Waals surface area (Å²) < 4.78 is 10.9. The Bertz CT molecular complexity index is 1500. The van der Waals surface area contributed by atoms with Crippen LogP contribution in [0.15, 0.2) is 89.3 Å². The van der Waals surface area contributed by atoms with Gasteiger partial charge in [0.05, 0.1) is 14.2 Å². The maximum Gasteiger partial charge on any atom is 0.254 e. The van der Waals surface area contributed by atoms with E-state index in [4.69, 9.17) is 9.47 Å². The summed E-state index contributed by atoms with van der Waals surface area (Å²) in [7, 11) is 3.18. The van der Waals surface area contributed by atoms with Crippen LogP contribution in [0.1, 0.15) is 48.3 Å². The number of benzene rings is 3. The lowest BCUT2D eigenvalue weighted by atomic mass is 9.71. The van der Waals surface area contributed by atoms with Gasteiger partial charge in [0.2, 0.25) is 0 Å². The van der Waals surface area contributed by atoms with Crippen molar-refractivity contribution < 1.29 is 24.2 Å². The van der Waals surface area contributed by atoms with Crippen molar-refractivity contribution in [2.24, 2.45) is 0 Å². The molecule has 0 spiro atoms. The van der Waals surface area contributed by atoms with Gasteiger partial charge in [-0.2, -0.15) is 0 Å². The molecule has 1 aliphatic carbocycles. The summed E-state index contributed by atoms with van der Waals surface area (Å²) in [5.74, 6) is 0.314. The molecular formula is C32H32N2O5. The Morgan fingerprint density at radius 1 is 0.923 bits per heavy atom. The Hall–Kier alpha value is -4.52. The summed E-state index contributed by atoms with van der Waals surface area (Å²) in [6.45, 7) is 3.84. The monoisotopic (exact) mass is 524 g/mol. The van der Waals surface area contributed by atoms with E-state index in [-0.39, 0.29) is 29.8 Å². The van der Waals surface area contributed by atoms with Crippen LogP contribution in [0.4, 0.5) is 5.69 Å².